The maximum atomic E-state index is 11.8. The number of carbonyl (C=O) groups is 2. The van der Waals surface area contributed by atoms with E-state index in [1.807, 2.05) is 0 Å². The first-order chi connectivity index (χ1) is 8.40. The van der Waals surface area contributed by atoms with Gasteiger partial charge in [0.15, 0.2) is 0 Å². The van der Waals surface area contributed by atoms with Gasteiger partial charge in [-0.1, -0.05) is 6.07 Å². The van der Waals surface area contributed by atoms with Gasteiger partial charge < -0.3 is 20.9 Å². The molecule has 0 spiro atoms. The maximum absolute atomic E-state index is 11.8. The van der Waals surface area contributed by atoms with E-state index in [1.54, 1.807) is 45.4 Å². The number of benzene rings is 1. The summed E-state index contributed by atoms with van der Waals surface area (Å²) in [5, 5.41) is 2.66. The van der Waals surface area contributed by atoms with Crippen molar-refractivity contribution in [3.63, 3.8) is 0 Å². The molecule has 0 fully saturated rings. The lowest BCUT2D eigenvalue weighted by atomic mass is 10.3. The van der Waals surface area contributed by atoms with Crippen LogP contribution in [0.15, 0.2) is 24.3 Å². The zero-order chi connectivity index (χ0) is 13.7. The Morgan fingerprint density at radius 1 is 1.28 bits per heavy atom. The summed E-state index contributed by atoms with van der Waals surface area (Å²) in [4.78, 5) is 26.0. The van der Waals surface area contributed by atoms with E-state index in [-0.39, 0.29) is 18.5 Å². The van der Waals surface area contributed by atoms with Crippen LogP contribution in [0.3, 0.4) is 0 Å². The first kappa shape index (κ1) is 13.8. The summed E-state index contributed by atoms with van der Waals surface area (Å²) in [5.41, 5.74) is 6.78. The molecule has 1 aromatic carbocycles. The molecule has 6 heteroatoms. The van der Waals surface area contributed by atoms with E-state index >= 15 is 0 Å². The van der Waals surface area contributed by atoms with E-state index in [2.05, 4.69) is 5.32 Å². The number of nitrogens with zero attached hydrogens (tertiary/aromatic N) is 2. The number of nitrogens with two attached hydrogens (primary N) is 1. The van der Waals surface area contributed by atoms with Crippen molar-refractivity contribution in [1.29, 1.82) is 0 Å². The molecule has 0 saturated carbocycles. The number of likely N-dealkylation sites (N-methyl/N-ethyl adjacent to an activating group) is 2. The highest BCUT2D eigenvalue weighted by atomic mass is 16.2. The second kappa shape index (κ2) is 5.90. The molecule has 18 heavy (non-hydrogen) atoms. The van der Waals surface area contributed by atoms with E-state index in [0.717, 1.165) is 0 Å². The van der Waals surface area contributed by atoms with Crippen LogP contribution in [0.5, 0.6) is 0 Å². The van der Waals surface area contributed by atoms with Crippen molar-refractivity contribution in [3.8, 4) is 0 Å². The van der Waals surface area contributed by atoms with Gasteiger partial charge in [0.25, 0.3) is 0 Å². The van der Waals surface area contributed by atoms with Gasteiger partial charge in [0.1, 0.15) is 6.54 Å². The monoisotopic (exact) mass is 250 g/mol. The highest BCUT2D eigenvalue weighted by molar-refractivity contribution is 5.92. The first-order valence-corrected chi connectivity index (χ1v) is 5.48. The SMILES string of the molecule is CN(C)C(=O)CN(C)C(=O)Nc1cccc(N)c1. The van der Waals surface area contributed by atoms with Crippen LogP contribution >= 0.6 is 0 Å². The number of carbonyl (C=O) groups excluding carboxylic acids is 2. The number of urea groups is 1. The van der Waals surface area contributed by atoms with Gasteiger partial charge in [0.05, 0.1) is 0 Å². The van der Waals surface area contributed by atoms with Crippen LogP contribution < -0.4 is 11.1 Å². The van der Waals surface area contributed by atoms with Crippen molar-refractivity contribution in [2.75, 3.05) is 38.7 Å². The highest BCUT2D eigenvalue weighted by Gasteiger charge is 2.13. The van der Waals surface area contributed by atoms with Crippen LogP contribution in [0.1, 0.15) is 0 Å². The quantitative estimate of drug-likeness (QED) is 0.779. The van der Waals surface area contributed by atoms with E-state index in [9.17, 15) is 9.59 Å². The number of hydrogen-bond acceptors (Lipinski definition) is 3. The van der Waals surface area contributed by atoms with Crippen molar-refractivity contribution in [1.82, 2.24) is 9.80 Å². The third-order valence-electron chi connectivity index (χ3n) is 2.36. The summed E-state index contributed by atoms with van der Waals surface area (Å²) in [6, 6.07) is 6.51. The number of nitrogens with one attached hydrogen (secondary N) is 1. The summed E-state index contributed by atoms with van der Waals surface area (Å²) in [5.74, 6) is -0.139. The minimum absolute atomic E-state index is 0.0289. The average molecular weight is 250 g/mol. The molecule has 0 bridgehead atoms. The van der Waals surface area contributed by atoms with Gasteiger partial charge in [-0.05, 0) is 18.2 Å². The number of hydrogen-bond donors (Lipinski definition) is 2. The Labute approximate surface area is 106 Å². The lowest BCUT2D eigenvalue weighted by molar-refractivity contribution is -0.129. The van der Waals surface area contributed by atoms with E-state index in [4.69, 9.17) is 5.73 Å². The van der Waals surface area contributed by atoms with Crippen LogP contribution in [-0.2, 0) is 4.79 Å². The topological polar surface area (TPSA) is 78.7 Å². The fraction of sp³-hybridized carbons (Fsp3) is 0.333. The summed E-state index contributed by atoms with van der Waals surface area (Å²) >= 11 is 0. The summed E-state index contributed by atoms with van der Waals surface area (Å²) in [6.45, 7) is 0.0289. The van der Waals surface area contributed by atoms with Gasteiger partial charge in [-0.3, -0.25) is 4.79 Å². The molecule has 0 aliphatic rings. The van der Waals surface area contributed by atoms with E-state index in [0.29, 0.717) is 11.4 Å². The van der Waals surface area contributed by atoms with Crippen molar-refractivity contribution >= 4 is 23.3 Å². The molecular formula is C12H18N4O2. The fourth-order valence-electron chi connectivity index (χ4n) is 1.25. The molecule has 0 heterocycles. The molecule has 0 aliphatic heterocycles. The Morgan fingerprint density at radius 2 is 1.94 bits per heavy atom. The Balaban J connectivity index is 2.57. The second-order valence-corrected chi connectivity index (χ2v) is 4.20. The van der Waals surface area contributed by atoms with Crippen LogP contribution in [0.2, 0.25) is 0 Å². The molecule has 3 N–H and O–H groups in total. The molecule has 0 saturated heterocycles. The lowest BCUT2D eigenvalue weighted by Gasteiger charge is -2.19. The normalized spacial score (nSPS) is 9.72. The summed E-state index contributed by atoms with van der Waals surface area (Å²) < 4.78 is 0. The number of anilines is 2. The van der Waals surface area contributed by atoms with Crippen LogP contribution in [-0.4, -0.2) is 49.4 Å². The smallest absolute Gasteiger partial charge is 0.322 e. The van der Waals surface area contributed by atoms with E-state index < -0.39 is 0 Å². The molecule has 0 aliphatic carbocycles. The number of rotatable bonds is 3. The Hall–Kier alpha value is -2.24. The maximum Gasteiger partial charge on any atom is 0.322 e. The van der Waals surface area contributed by atoms with Crippen molar-refractivity contribution in [2.24, 2.45) is 0 Å². The van der Waals surface area contributed by atoms with E-state index in [1.165, 1.54) is 9.80 Å². The largest absolute Gasteiger partial charge is 0.399 e. The number of amides is 3. The molecule has 6 nitrogen and oxygen atoms in total. The minimum atomic E-state index is -0.351. The lowest BCUT2D eigenvalue weighted by Crippen LogP contribution is -2.39. The van der Waals surface area contributed by atoms with Crippen molar-refractivity contribution < 1.29 is 9.59 Å². The molecule has 0 atom stereocenters. The summed E-state index contributed by atoms with van der Waals surface area (Å²) in [7, 11) is 4.85. The molecule has 98 valence electrons. The number of nitrogen functional groups attached to an aromatic ring is 1. The Bertz CT molecular complexity index is 445. The minimum Gasteiger partial charge on any atom is -0.399 e. The predicted molar refractivity (Wildman–Crippen MR) is 71.2 cm³/mol. The molecule has 0 aromatic heterocycles. The Morgan fingerprint density at radius 3 is 2.50 bits per heavy atom. The van der Waals surface area contributed by atoms with Crippen LogP contribution in [0, 0.1) is 0 Å². The molecule has 0 radical (unpaired) electrons. The third-order valence-corrected chi connectivity index (χ3v) is 2.36. The zero-order valence-corrected chi connectivity index (χ0v) is 10.8. The molecule has 1 aromatic rings. The van der Waals surface area contributed by atoms with Crippen molar-refractivity contribution in [3.05, 3.63) is 24.3 Å². The first-order valence-electron chi connectivity index (χ1n) is 5.48. The molecule has 3 amide bonds. The van der Waals surface area contributed by atoms with Gasteiger partial charge in [-0.25, -0.2) is 4.79 Å². The molecular weight excluding hydrogens is 232 g/mol. The molecule has 0 unspecified atom stereocenters. The van der Waals surface area contributed by atoms with Gasteiger partial charge >= 0.3 is 6.03 Å². The second-order valence-electron chi connectivity index (χ2n) is 4.20. The average Bonchev–Trinajstić information content (AvgIpc) is 2.28. The summed E-state index contributed by atoms with van der Waals surface area (Å²) in [6.07, 6.45) is 0. The van der Waals surface area contributed by atoms with Gasteiger partial charge in [-0.15, -0.1) is 0 Å². The van der Waals surface area contributed by atoms with Gasteiger partial charge in [-0.2, -0.15) is 0 Å². The molecule has 1 rings (SSSR count). The zero-order valence-electron chi connectivity index (χ0n) is 10.8. The van der Waals surface area contributed by atoms with Gasteiger partial charge in [0, 0.05) is 32.5 Å². The van der Waals surface area contributed by atoms with Crippen molar-refractivity contribution in [2.45, 2.75) is 0 Å². The standard InChI is InChI=1S/C12H18N4O2/c1-15(2)11(17)8-16(3)12(18)14-10-6-4-5-9(13)7-10/h4-7H,8,13H2,1-3H3,(H,14,18). The third kappa shape index (κ3) is 3.97. The predicted octanol–water partition coefficient (Wildman–Crippen LogP) is 0.821. The van der Waals surface area contributed by atoms with Crippen LogP contribution in [0.25, 0.3) is 0 Å². The fourth-order valence-corrected chi connectivity index (χ4v) is 1.25. The van der Waals surface area contributed by atoms with Crippen LogP contribution in [0.4, 0.5) is 16.2 Å². The van der Waals surface area contributed by atoms with Gasteiger partial charge in [0.2, 0.25) is 5.91 Å². The Kier molecular flexibility index (Phi) is 4.53. The highest BCUT2D eigenvalue weighted by Crippen LogP contribution is 2.12.